The van der Waals surface area contributed by atoms with E-state index in [2.05, 4.69) is 13.8 Å². The minimum absolute atomic E-state index is 0.00900. The molecule has 0 fully saturated rings. The fourth-order valence-electron chi connectivity index (χ4n) is 3.69. The summed E-state index contributed by atoms with van der Waals surface area (Å²) < 4.78 is 55.4. The Balaban J connectivity index is 1.76. The van der Waals surface area contributed by atoms with Crippen LogP contribution in [-0.2, 0) is 24.0 Å². The third-order valence-corrected chi connectivity index (χ3v) is 5.86. The molecule has 2 atom stereocenters. The van der Waals surface area contributed by atoms with Crippen LogP contribution >= 0.6 is 0 Å². The Bertz CT molecular complexity index is 895. The number of halogens is 3. The number of aryl methyl sites for hydroxylation is 2. The molecule has 0 N–H and O–H groups in total. The minimum atomic E-state index is -1.03. The Morgan fingerprint density at radius 3 is 2.37 bits per heavy atom. The molecule has 2 nitrogen and oxygen atoms in total. The Labute approximate surface area is 177 Å². The van der Waals surface area contributed by atoms with E-state index in [1.165, 1.54) is 0 Å². The first-order valence-electron chi connectivity index (χ1n) is 10.9. The monoisotopic (exact) mass is 420 g/mol. The molecule has 0 saturated carbocycles. The summed E-state index contributed by atoms with van der Waals surface area (Å²) in [5, 5.41) is 0. The van der Waals surface area contributed by atoms with E-state index in [1.807, 2.05) is 19.9 Å². The maximum Gasteiger partial charge on any atom is 0.201 e. The van der Waals surface area contributed by atoms with Crippen LogP contribution in [0.1, 0.15) is 69.2 Å². The van der Waals surface area contributed by atoms with Gasteiger partial charge in [-0.2, -0.15) is 4.39 Å². The second kappa shape index (κ2) is 9.86. The van der Waals surface area contributed by atoms with Gasteiger partial charge in [0.05, 0.1) is 6.10 Å². The van der Waals surface area contributed by atoms with Crippen LogP contribution in [0.5, 0.6) is 11.5 Å². The molecule has 0 aromatic heterocycles. The van der Waals surface area contributed by atoms with Crippen LogP contribution < -0.4 is 4.74 Å². The van der Waals surface area contributed by atoms with Gasteiger partial charge in [-0.15, -0.1) is 0 Å². The van der Waals surface area contributed by atoms with Crippen LogP contribution in [0.2, 0.25) is 0 Å². The van der Waals surface area contributed by atoms with Gasteiger partial charge in [0, 0.05) is 24.2 Å². The first kappa shape index (κ1) is 22.7. The van der Waals surface area contributed by atoms with Crippen molar-refractivity contribution in [3.05, 3.63) is 57.9 Å². The molecule has 1 aliphatic rings. The number of ether oxygens (including phenoxy) is 2. The number of fused-ring (bicyclic) bond motifs is 2. The van der Waals surface area contributed by atoms with Gasteiger partial charge in [-0.3, -0.25) is 0 Å². The average Bonchev–Trinajstić information content (AvgIpc) is 2.74. The molecule has 3 rings (SSSR count). The second-order valence-electron chi connectivity index (χ2n) is 8.40. The second-order valence-corrected chi connectivity index (χ2v) is 8.40. The highest BCUT2D eigenvalue weighted by Gasteiger charge is 2.28. The Morgan fingerprint density at radius 1 is 0.933 bits per heavy atom. The van der Waals surface area contributed by atoms with Crippen molar-refractivity contribution in [3.8, 4) is 11.5 Å². The molecule has 2 aromatic carbocycles. The van der Waals surface area contributed by atoms with Gasteiger partial charge in [0.25, 0.3) is 0 Å². The van der Waals surface area contributed by atoms with E-state index in [9.17, 15) is 8.78 Å². The van der Waals surface area contributed by atoms with E-state index < -0.39 is 17.5 Å². The molecule has 0 bridgehead atoms. The van der Waals surface area contributed by atoms with Crippen molar-refractivity contribution in [2.75, 3.05) is 6.61 Å². The first-order valence-corrected chi connectivity index (χ1v) is 10.9. The average molecular weight is 421 g/mol. The van der Waals surface area contributed by atoms with Gasteiger partial charge in [0.2, 0.25) is 5.82 Å². The van der Waals surface area contributed by atoms with E-state index in [4.69, 9.17) is 9.47 Å². The van der Waals surface area contributed by atoms with Crippen molar-refractivity contribution in [2.45, 2.75) is 72.3 Å². The van der Waals surface area contributed by atoms with Crippen LogP contribution in [-0.4, -0.2) is 12.7 Å². The molecular weight excluding hydrogens is 389 g/mol. The van der Waals surface area contributed by atoms with Gasteiger partial charge < -0.3 is 9.47 Å². The topological polar surface area (TPSA) is 18.5 Å². The lowest BCUT2D eigenvalue weighted by Crippen LogP contribution is -2.15. The highest BCUT2D eigenvalue weighted by atomic mass is 19.2. The number of hydrogen-bond acceptors (Lipinski definition) is 2. The Morgan fingerprint density at radius 2 is 1.67 bits per heavy atom. The SMILES string of the molecule is CCCc1cc2c(c(F)c1F)Oc1c(ccc(CCC(C)OCC(C)CC)c1F)C2. The summed E-state index contributed by atoms with van der Waals surface area (Å²) in [6.45, 7) is 8.85. The highest BCUT2D eigenvalue weighted by molar-refractivity contribution is 5.53. The third kappa shape index (κ3) is 4.83. The van der Waals surface area contributed by atoms with Crippen molar-refractivity contribution in [3.63, 3.8) is 0 Å². The summed E-state index contributed by atoms with van der Waals surface area (Å²) >= 11 is 0. The molecule has 2 aromatic rings. The Kier molecular flexibility index (Phi) is 7.45. The van der Waals surface area contributed by atoms with Crippen LogP contribution in [0, 0.1) is 23.4 Å². The van der Waals surface area contributed by atoms with E-state index in [0.717, 1.165) is 6.42 Å². The van der Waals surface area contributed by atoms with Gasteiger partial charge in [-0.1, -0.05) is 45.7 Å². The molecule has 30 heavy (non-hydrogen) atoms. The highest BCUT2D eigenvalue weighted by Crippen LogP contribution is 2.42. The third-order valence-electron chi connectivity index (χ3n) is 5.86. The van der Waals surface area contributed by atoms with Crippen molar-refractivity contribution in [1.82, 2.24) is 0 Å². The molecule has 164 valence electrons. The standard InChI is InChI=1S/C25H31F3O2/c1-5-7-18-12-20-13-19-11-10-17(9-8-16(4)29-14-15(3)6-2)22(27)24(19)30-25(20)23(28)21(18)26/h10-12,15-16H,5-9,13-14H2,1-4H3. The van der Waals surface area contributed by atoms with Crippen LogP contribution in [0.3, 0.4) is 0 Å². The summed E-state index contributed by atoms with van der Waals surface area (Å²) in [7, 11) is 0. The fraction of sp³-hybridized carbons (Fsp3) is 0.520. The predicted octanol–water partition coefficient (Wildman–Crippen LogP) is 7.14. The summed E-state index contributed by atoms with van der Waals surface area (Å²) in [4.78, 5) is 0. The van der Waals surface area contributed by atoms with E-state index in [-0.39, 0.29) is 17.6 Å². The van der Waals surface area contributed by atoms with Crippen LogP contribution in [0.4, 0.5) is 13.2 Å². The molecule has 1 heterocycles. The molecule has 0 saturated heterocycles. The van der Waals surface area contributed by atoms with E-state index in [1.54, 1.807) is 12.1 Å². The van der Waals surface area contributed by atoms with Crippen molar-refractivity contribution < 1.29 is 22.6 Å². The van der Waals surface area contributed by atoms with Crippen molar-refractivity contribution in [1.29, 1.82) is 0 Å². The van der Waals surface area contributed by atoms with Gasteiger partial charge in [0.15, 0.2) is 23.1 Å². The maximum absolute atomic E-state index is 15.1. The summed E-state index contributed by atoms with van der Waals surface area (Å²) in [6, 6.07) is 5.22. The normalized spacial score (nSPS) is 14.6. The minimum Gasteiger partial charge on any atom is -0.450 e. The predicted molar refractivity (Wildman–Crippen MR) is 113 cm³/mol. The fourth-order valence-corrected chi connectivity index (χ4v) is 3.69. The van der Waals surface area contributed by atoms with Crippen LogP contribution in [0.25, 0.3) is 0 Å². The van der Waals surface area contributed by atoms with E-state index in [0.29, 0.717) is 66.9 Å². The zero-order valence-corrected chi connectivity index (χ0v) is 18.3. The lowest BCUT2D eigenvalue weighted by molar-refractivity contribution is 0.0383. The van der Waals surface area contributed by atoms with Crippen LogP contribution in [0.15, 0.2) is 18.2 Å². The maximum atomic E-state index is 15.1. The molecular formula is C25H31F3O2. The van der Waals surface area contributed by atoms with Crippen molar-refractivity contribution in [2.24, 2.45) is 5.92 Å². The summed E-state index contributed by atoms with van der Waals surface area (Å²) in [5.74, 6) is -2.11. The zero-order chi connectivity index (χ0) is 21.8. The first-order chi connectivity index (χ1) is 14.3. The lowest BCUT2D eigenvalue weighted by atomic mass is 9.94. The van der Waals surface area contributed by atoms with Crippen molar-refractivity contribution >= 4 is 0 Å². The Hall–Kier alpha value is -2.01. The molecule has 1 aliphatic heterocycles. The molecule has 5 heteroatoms. The largest absolute Gasteiger partial charge is 0.450 e. The number of rotatable bonds is 9. The van der Waals surface area contributed by atoms with Gasteiger partial charge >= 0.3 is 0 Å². The smallest absolute Gasteiger partial charge is 0.201 e. The van der Waals surface area contributed by atoms with Gasteiger partial charge in [-0.05, 0) is 49.3 Å². The van der Waals surface area contributed by atoms with E-state index >= 15 is 4.39 Å². The lowest BCUT2D eigenvalue weighted by Gasteiger charge is -2.23. The molecule has 0 aliphatic carbocycles. The molecule has 0 spiro atoms. The van der Waals surface area contributed by atoms with Gasteiger partial charge in [0.1, 0.15) is 0 Å². The molecule has 0 amide bonds. The zero-order valence-electron chi connectivity index (χ0n) is 18.3. The number of hydrogen-bond donors (Lipinski definition) is 0. The summed E-state index contributed by atoms with van der Waals surface area (Å²) in [6.07, 6.45) is 3.72. The molecule has 2 unspecified atom stereocenters. The quantitative estimate of drug-likeness (QED) is 0.366. The molecule has 0 radical (unpaired) electrons. The number of benzene rings is 2. The summed E-state index contributed by atoms with van der Waals surface area (Å²) in [5.41, 5.74) is 2.05. The van der Waals surface area contributed by atoms with Gasteiger partial charge in [-0.25, -0.2) is 8.78 Å².